The zero-order valence-corrected chi connectivity index (χ0v) is 14.0. The van der Waals surface area contributed by atoms with Crippen LogP contribution in [0.2, 0.25) is 0 Å². The summed E-state index contributed by atoms with van der Waals surface area (Å²) in [6.07, 6.45) is 8.19. The van der Waals surface area contributed by atoms with Gasteiger partial charge >= 0.3 is 0 Å². The molecule has 4 aromatic rings. The number of hydrogen-bond acceptors (Lipinski definition) is 4. The molecule has 1 fully saturated rings. The molecule has 0 unspecified atom stereocenters. The molecule has 2 N–H and O–H groups in total. The Bertz CT molecular complexity index is 1030. The topological polar surface area (TPSA) is 66.7 Å². The monoisotopic (exact) mass is 332 g/mol. The third-order valence-electron chi connectivity index (χ3n) is 5.12. The van der Waals surface area contributed by atoms with E-state index < -0.39 is 0 Å². The Balaban J connectivity index is 1.50. The molecule has 25 heavy (non-hydrogen) atoms. The third-order valence-corrected chi connectivity index (χ3v) is 5.12. The molecule has 0 radical (unpaired) electrons. The molecule has 1 aliphatic carbocycles. The minimum Gasteiger partial charge on any atom is -0.424 e. The number of nitrogens with one attached hydrogen (secondary N) is 2. The smallest absolute Gasteiger partial charge is 0.295 e. The van der Waals surface area contributed by atoms with Crippen LogP contribution >= 0.6 is 0 Å². The van der Waals surface area contributed by atoms with Crippen molar-refractivity contribution < 1.29 is 4.42 Å². The van der Waals surface area contributed by atoms with Crippen LogP contribution in [0.1, 0.15) is 32.1 Å². The summed E-state index contributed by atoms with van der Waals surface area (Å²) < 4.78 is 5.89. The lowest BCUT2D eigenvalue weighted by molar-refractivity contribution is 0.451. The number of H-pyrrole nitrogens is 1. The van der Waals surface area contributed by atoms with Gasteiger partial charge in [0.05, 0.1) is 11.7 Å². The van der Waals surface area contributed by atoms with Gasteiger partial charge in [-0.1, -0.05) is 37.5 Å². The molecule has 5 nitrogen and oxygen atoms in total. The van der Waals surface area contributed by atoms with Crippen LogP contribution in [-0.4, -0.2) is 21.2 Å². The zero-order chi connectivity index (χ0) is 16.6. The minimum absolute atomic E-state index is 0.487. The first-order valence-corrected chi connectivity index (χ1v) is 8.96. The lowest BCUT2D eigenvalue weighted by Crippen LogP contribution is -2.22. The van der Waals surface area contributed by atoms with Crippen LogP contribution in [0.25, 0.3) is 33.1 Å². The lowest BCUT2D eigenvalue weighted by atomic mass is 9.96. The SMILES string of the molecule is c1cc(-c2ccc3oc(NC4CCCCC4)nc3c2)c2cn[nH]c2c1. The van der Waals surface area contributed by atoms with E-state index in [1.807, 2.05) is 24.4 Å². The van der Waals surface area contributed by atoms with Crippen molar-refractivity contribution in [2.75, 3.05) is 5.32 Å². The molecule has 0 saturated heterocycles. The molecule has 0 spiro atoms. The summed E-state index contributed by atoms with van der Waals surface area (Å²) in [6, 6.07) is 13.5. The van der Waals surface area contributed by atoms with Gasteiger partial charge in [-0.05, 0) is 42.2 Å². The number of rotatable bonds is 3. The molecule has 2 heterocycles. The first kappa shape index (κ1) is 14.5. The summed E-state index contributed by atoms with van der Waals surface area (Å²) in [7, 11) is 0. The second-order valence-electron chi connectivity index (χ2n) is 6.82. The second-order valence-corrected chi connectivity index (χ2v) is 6.82. The van der Waals surface area contributed by atoms with Gasteiger partial charge in [0.25, 0.3) is 6.01 Å². The average molecular weight is 332 g/mol. The van der Waals surface area contributed by atoms with E-state index in [-0.39, 0.29) is 0 Å². The van der Waals surface area contributed by atoms with Crippen molar-refractivity contribution in [1.82, 2.24) is 15.2 Å². The molecule has 5 heteroatoms. The van der Waals surface area contributed by atoms with Crippen LogP contribution in [0.5, 0.6) is 0 Å². The minimum atomic E-state index is 0.487. The van der Waals surface area contributed by atoms with E-state index in [0.717, 1.165) is 33.1 Å². The van der Waals surface area contributed by atoms with Crippen LogP contribution in [0.3, 0.4) is 0 Å². The Labute approximate surface area is 145 Å². The molecule has 0 bridgehead atoms. The normalized spacial score (nSPS) is 15.8. The van der Waals surface area contributed by atoms with E-state index in [0.29, 0.717) is 12.1 Å². The fourth-order valence-corrected chi connectivity index (χ4v) is 3.80. The maximum absolute atomic E-state index is 5.89. The number of aromatic amines is 1. The predicted octanol–water partition coefficient (Wildman–Crippen LogP) is 5.12. The van der Waals surface area contributed by atoms with E-state index in [1.54, 1.807) is 0 Å². The molecule has 1 aliphatic rings. The van der Waals surface area contributed by atoms with Gasteiger partial charge in [0, 0.05) is 11.4 Å². The Kier molecular flexibility index (Phi) is 3.44. The van der Waals surface area contributed by atoms with Crippen LogP contribution < -0.4 is 5.32 Å². The van der Waals surface area contributed by atoms with Crippen molar-refractivity contribution in [3.8, 4) is 11.1 Å². The number of fused-ring (bicyclic) bond motifs is 2. The molecule has 5 rings (SSSR count). The number of oxazole rings is 1. The number of benzene rings is 2. The van der Waals surface area contributed by atoms with Crippen molar-refractivity contribution in [3.05, 3.63) is 42.6 Å². The molecular formula is C20H20N4O. The Morgan fingerprint density at radius 1 is 1.08 bits per heavy atom. The summed E-state index contributed by atoms with van der Waals surface area (Å²) in [5, 5.41) is 11.8. The maximum atomic E-state index is 5.89. The van der Waals surface area contributed by atoms with Crippen molar-refractivity contribution in [2.24, 2.45) is 0 Å². The van der Waals surface area contributed by atoms with Gasteiger partial charge in [0.2, 0.25) is 0 Å². The highest BCUT2D eigenvalue weighted by Crippen LogP contribution is 2.31. The fourth-order valence-electron chi connectivity index (χ4n) is 3.80. The molecule has 0 amide bonds. The van der Waals surface area contributed by atoms with E-state index >= 15 is 0 Å². The van der Waals surface area contributed by atoms with Gasteiger partial charge in [-0.2, -0.15) is 10.1 Å². The highest BCUT2D eigenvalue weighted by atomic mass is 16.4. The Morgan fingerprint density at radius 3 is 2.92 bits per heavy atom. The van der Waals surface area contributed by atoms with Crippen LogP contribution in [-0.2, 0) is 0 Å². The third kappa shape index (κ3) is 2.65. The molecule has 1 saturated carbocycles. The zero-order valence-electron chi connectivity index (χ0n) is 14.0. The standard InChI is InChI=1S/C20H20N4O/c1-2-5-14(6-3-1)22-20-23-18-11-13(9-10-19(18)25-20)15-7-4-8-17-16(15)12-21-24-17/h4,7-12,14H,1-3,5-6H2,(H,21,24)(H,22,23). The van der Waals surface area contributed by atoms with E-state index in [9.17, 15) is 0 Å². The largest absolute Gasteiger partial charge is 0.424 e. The first-order chi connectivity index (χ1) is 12.4. The van der Waals surface area contributed by atoms with Gasteiger partial charge in [0.1, 0.15) is 5.52 Å². The maximum Gasteiger partial charge on any atom is 0.295 e. The van der Waals surface area contributed by atoms with Gasteiger partial charge in [-0.25, -0.2) is 0 Å². The van der Waals surface area contributed by atoms with Gasteiger partial charge in [-0.3, -0.25) is 5.10 Å². The summed E-state index contributed by atoms with van der Waals surface area (Å²) in [6.45, 7) is 0. The van der Waals surface area contributed by atoms with Crippen molar-refractivity contribution in [1.29, 1.82) is 0 Å². The van der Waals surface area contributed by atoms with Crippen LogP contribution in [0.4, 0.5) is 6.01 Å². The average Bonchev–Trinajstić information content (AvgIpc) is 3.27. The Hall–Kier alpha value is -2.82. The van der Waals surface area contributed by atoms with Crippen molar-refractivity contribution >= 4 is 28.0 Å². The van der Waals surface area contributed by atoms with E-state index in [2.05, 4.69) is 38.7 Å². The summed E-state index contributed by atoms with van der Waals surface area (Å²) in [5.74, 6) is 0. The summed E-state index contributed by atoms with van der Waals surface area (Å²) >= 11 is 0. The number of nitrogens with zero attached hydrogens (tertiary/aromatic N) is 2. The number of anilines is 1. The van der Waals surface area contributed by atoms with Gasteiger partial charge in [0.15, 0.2) is 5.58 Å². The predicted molar refractivity (Wildman–Crippen MR) is 99.6 cm³/mol. The van der Waals surface area contributed by atoms with E-state index in [1.165, 1.54) is 32.1 Å². The number of hydrogen-bond donors (Lipinski definition) is 2. The quantitative estimate of drug-likeness (QED) is 0.547. The van der Waals surface area contributed by atoms with Gasteiger partial charge in [-0.15, -0.1) is 0 Å². The molecule has 2 aromatic carbocycles. The first-order valence-electron chi connectivity index (χ1n) is 8.96. The fraction of sp³-hybridized carbons (Fsp3) is 0.300. The summed E-state index contributed by atoms with van der Waals surface area (Å²) in [4.78, 5) is 4.66. The number of aromatic nitrogens is 3. The second kappa shape index (κ2) is 5.92. The molecule has 2 aromatic heterocycles. The van der Waals surface area contributed by atoms with Gasteiger partial charge < -0.3 is 9.73 Å². The highest BCUT2D eigenvalue weighted by molar-refractivity contribution is 5.96. The highest BCUT2D eigenvalue weighted by Gasteiger charge is 2.16. The molecule has 126 valence electrons. The van der Waals surface area contributed by atoms with Crippen molar-refractivity contribution in [2.45, 2.75) is 38.1 Å². The lowest BCUT2D eigenvalue weighted by Gasteiger charge is -2.21. The van der Waals surface area contributed by atoms with Crippen molar-refractivity contribution in [3.63, 3.8) is 0 Å². The molecule has 0 atom stereocenters. The van der Waals surface area contributed by atoms with Crippen LogP contribution in [0.15, 0.2) is 47.0 Å². The van der Waals surface area contributed by atoms with Crippen LogP contribution in [0, 0.1) is 0 Å². The summed E-state index contributed by atoms with van der Waals surface area (Å²) in [5.41, 5.74) is 5.02. The molecular weight excluding hydrogens is 312 g/mol. The Morgan fingerprint density at radius 2 is 2.00 bits per heavy atom. The van der Waals surface area contributed by atoms with E-state index in [4.69, 9.17) is 4.42 Å². The molecule has 0 aliphatic heterocycles.